The van der Waals surface area contributed by atoms with Crippen LogP contribution < -0.4 is 9.64 Å². The van der Waals surface area contributed by atoms with E-state index >= 15 is 0 Å². The number of hydrogen-bond donors (Lipinski definition) is 0. The third-order valence-electron chi connectivity index (χ3n) is 5.02. The molecule has 1 aromatic rings. The zero-order valence-electron chi connectivity index (χ0n) is 14.5. The van der Waals surface area contributed by atoms with Gasteiger partial charge in [-0.2, -0.15) is 0 Å². The molecular formula is C19H26N2O3. The van der Waals surface area contributed by atoms with Crippen molar-refractivity contribution in [2.45, 2.75) is 45.6 Å². The fraction of sp³-hybridized carbons (Fsp3) is 0.579. The van der Waals surface area contributed by atoms with Gasteiger partial charge in [0.1, 0.15) is 5.75 Å². The second-order valence-electron chi connectivity index (χ2n) is 6.71. The Labute approximate surface area is 143 Å². The lowest BCUT2D eigenvalue weighted by atomic mass is 9.99. The summed E-state index contributed by atoms with van der Waals surface area (Å²) in [6.45, 7) is 5.98. The highest BCUT2D eigenvalue weighted by atomic mass is 16.5. The first kappa shape index (κ1) is 16.8. The third-order valence-corrected chi connectivity index (χ3v) is 5.02. The van der Waals surface area contributed by atoms with Gasteiger partial charge in [0, 0.05) is 31.2 Å². The zero-order chi connectivity index (χ0) is 17.1. The summed E-state index contributed by atoms with van der Waals surface area (Å²) in [5, 5.41) is 0. The number of likely N-dealkylation sites (tertiary alicyclic amines) is 1. The Bertz CT molecular complexity index is 599. The van der Waals surface area contributed by atoms with Crippen LogP contribution in [0.3, 0.4) is 0 Å². The van der Waals surface area contributed by atoms with Gasteiger partial charge in [-0.1, -0.05) is 0 Å². The quantitative estimate of drug-likeness (QED) is 0.853. The van der Waals surface area contributed by atoms with Gasteiger partial charge in [-0.15, -0.1) is 0 Å². The fourth-order valence-corrected chi connectivity index (χ4v) is 3.67. The number of carbonyl (C=O) groups excluding carboxylic acids is 2. The van der Waals surface area contributed by atoms with Crippen molar-refractivity contribution in [1.82, 2.24) is 4.90 Å². The highest BCUT2D eigenvalue weighted by molar-refractivity contribution is 6.00. The molecule has 0 spiro atoms. The van der Waals surface area contributed by atoms with Gasteiger partial charge in [-0.25, -0.2) is 0 Å². The van der Waals surface area contributed by atoms with E-state index in [-0.39, 0.29) is 17.7 Å². The van der Waals surface area contributed by atoms with Gasteiger partial charge in [-0.05, 0) is 57.4 Å². The van der Waals surface area contributed by atoms with Gasteiger partial charge in [-0.3, -0.25) is 9.59 Å². The summed E-state index contributed by atoms with van der Waals surface area (Å²) in [4.78, 5) is 28.9. The lowest BCUT2D eigenvalue weighted by Crippen LogP contribution is -2.45. The number of piperidine rings is 1. The number of amides is 2. The summed E-state index contributed by atoms with van der Waals surface area (Å²) in [5.41, 5.74) is 0.838. The maximum Gasteiger partial charge on any atom is 0.228 e. The molecule has 2 aliphatic rings. The van der Waals surface area contributed by atoms with Crippen LogP contribution in [-0.4, -0.2) is 42.5 Å². The molecule has 2 aliphatic heterocycles. The van der Waals surface area contributed by atoms with Crippen molar-refractivity contribution in [2.75, 3.05) is 24.6 Å². The topological polar surface area (TPSA) is 49.9 Å². The first-order valence-corrected chi connectivity index (χ1v) is 8.94. The third kappa shape index (κ3) is 3.40. The number of ether oxygens (including phenoxy) is 1. The van der Waals surface area contributed by atoms with Crippen LogP contribution in [0.5, 0.6) is 5.75 Å². The number of benzene rings is 1. The average Bonchev–Trinajstić information content (AvgIpc) is 2.98. The Morgan fingerprint density at radius 3 is 2.67 bits per heavy atom. The molecule has 2 amide bonds. The molecule has 2 unspecified atom stereocenters. The van der Waals surface area contributed by atoms with Crippen molar-refractivity contribution in [2.24, 2.45) is 5.92 Å². The smallest absolute Gasteiger partial charge is 0.228 e. The summed E-state index contributed by atoms with van der Waals surface area (Å²) in [5.74, 6) is 0.749. The molecule has 2 saturated heterocycles. The molecular weight excluding hydrogens is 304 g/mol. The highest BCUT2D eigenvalue weighted by Gasteiger charge is 2.38. The molecule has 0 aliphatic carbocycles. The number of hydrogen-bond acceptors (Lipinski definition) is 3. The van der Waals surface area contributed by atoms with Gasteiger partial charge in [0.05, 0.1) is 12.5 Å². The van der Waals surface area contributed by atoms with Gasteiger partial charge >= 0.3 is 0 Å². The molecule has 3 rings (SSSR count). The van der Waals surface area contributed by atoms with Crippen LogP contribution >= 0.6 is 0 Å². The van der Waals surface area contributed by atoms with Crippen LogP contribution in [-0.2, 0) is 9.59 Å². The van der Waals surface area contributed by atoms with Crippen LogP contribution in [0, 0.1) is 5.92 Å². The molecule has 5 heteroatoms. The van der Waals surface area contributed by atoms with E-state index in [1.54, 1.807) is 4.90 Å². The minimum Gasteiger partial charge on any atom is -0.494 e. The molecule has 130 valence electrons. The van der Waals surface area contributed by atoms with Crippen LogP contribution in [0.15, 0.2) is 24.3 Å². The molecule has 2 heterocycles. The predicted octanol–water partition coefficient (Wildman–Crippen LogP) is 2.84. The minimum absolute atomic E-state index is 0.0298. The van der Waals surface area contributed by atoms with E-state index < -0.39 is 0 Å². The SMILES string of the molecule is CCOc1ccc(N2CC(C(=O)N3CCCCC3C)CC2=O)cc1. The van der Waals surface area contributed by atoms with Crippen molar-refractivity contribution in [3.8, 4) is 5.75 Å². The van der Waals surface area contributed by atoms with Gasteiger partial charge < -0.3 is 14.5 Å². The number of nitrogens with zero attached hydrogens (tertiary/aromatic N) is 2. The summed E-state index contributed by atoms with van der Waals surface area (Å²) in [6.07, 6.45) is 3.64. The van der Waals surface area contributed by atoms with Crippen molar-refractivity contribution in [3.05, 3.63) is 24.3 Å². The summed E-state index contributed by atoms with van der Waals surface area (Å²) in [6, 6.07) is 7.81. The molecule has 1 aromatic carbocycles. The first-order valence-electron chi connectivity index (χ1n) is 8.94. The Morgan fingerprint density at radius 2 is 2.00 bits per heavy atom. The molecule has 0 saturated carbocycles. The lowest BCUT2D eigenvalue weighted by molar-refractivity contribution is -0.139. The first-order chi connectivity index (χ1) is 11.6. The normalized spacial score (nSPS) is 24.3. The van der Waals surface area contributed by atoms with Gasteiger partial charge in [0.15, 0.2) is 0 Å². The summed E-state index contributed by atoms with van der Waals surface area (Å²) in [7, 11) is 0. The second kappa shape index (κ2) is 7.24. The number of carbonyl (C=O) groups is 2. The number of rotatable bonds is 4. The van der Waals surface area contributed by atoms with Crippen LogP contribution in [0.25, 0.3) is 0 Å². The maximum atomic E-state index is 12.8. The van der Waals surface area contributed by atoms with E-state index in [1.807, 2.05) is 36.1 Å². The van der Waals surface area contributed by atoms with Crippen LogP contribution in [0.2, 0.25) is 0 Å². The van der Waals surface area contributed by atoms with E-state index in [4.69, 9.17) is 4.74 Å². The van der Waals surface area contributed by atoms with E-state index in [1.165, 1.54) is 6.42 Å². The molecule has 0 aromatic heterocycles. The van der Waals surface area contributed by atoms with Crippen molar-refractivity contribution >= 4 is 17.5 Å². The van der Waals surface area contributed by atoms with E-state index in [0.29, 0.717) is 25.6 Å². The van der Waals surface area contributed by atoms with E-state index in [9.17, 15) is 9.59 Å². The largest absolute Gasteiger partial charge is 0.494 e. The fourth-order valence-electron chi connectivity index (χ4n) is 3.67. The van der Waals surface area contributed by atoms with Gasteiger partial charge in [0.2, 0.25) is 11.8 Å². The van der Waals surface area contributed by atoms with Crippen molar-refractivity contribution in [1.29, 1.82) is 0 Å². The summed E-state index contributed by atoms with van der Waals surface area (Å²) >= 11 is 0. The molecule has 0 N–H and O–H groups in total. The molecule has 2 fully saturated rings. The Kier molecular flexibility index (Phi) is 5.07. The van der Waals surface area contributed by atoms with Crippen LogP contribution in [0.4, 0.5) is 5.69 Å². The molecule has 0 radical (unpaired) electrons. The minimum atomic E-state index is -0.218. The Hall–Kier alpha value is -2.04. The predicted molar refractivity (Wildman–Crippen MR) is 93.1 cm³/mol. The molecule has 0 bridgehead atoms. The van der Waals surface area contributed by atoms with Gasteiger partial charge in [0.25, 0.3) is 0 Å². The monoisotopic (exact) mass is 330 g/mol. The zero-order valence-corrected chi connectivity index (χ0v) is 14.5. The Morgan fingerprint density at radius 1 is 1.25 bits per heavy atom. The lowest BCUT2D eigenvalue weighted by Gasteiger charge is -2.35. The van der Waals surface area contributed by atoms with Crippen molar-refractivity contribution in [3.63, 3.8) is 0 Å². The summed E-state index contributed by atoms with van der Waals surface area (Å²) < 4.78 is 5.44. The Balaban J connectivity index is 1.67. The van der Waals surface area contributed by atoms with E-state index in [2.05, 4.69) is 6.92 Å². The highest BCUT2D eigenvalue weighted by Crippen LogP contribution is 2.29. The standard InChI is InChI=1S/C19H26N2O3/c1-3-24-17-9-7-16(8-10-17)21-13-15(12-18(21)22)19(23)20-11-5-4-6-14(20)2/h7-10,14-15H,3-6,11-13H2,1-2H3. The van der Waals surface area contributed by atoms with E-state index in [0.717, 1.165) is 30.8 Å². The molecule has 5 nitrogen and oxygen atoms in total. The second-order valence-corrected chi connectivity index (χ2v) is 6.71. The molecule has 2 atom stereocenters. The van der Waals surface area contributed by atoms with Crippen molar-refractivity contribution < 1.29 is 14.3 Å². The van der Waals surface area contributed by atoms with Crippen LogP contribution in [0.1, 0.15) is 39.5 Å². The molecule has 24 heavy (non-hydrogen) atoms. The maximum absolute atomic E-state index is 12.8. The average molecular weight is 330 g/mol. The number of anilines is 1.